The van der Waals surface area contributed by atoms with Crippen LogP contribution >= 0.6 is 0 Å². The Morgan fingerprint density at radius 1 is 1.28 bits per heavy atom. The molecule has 1 fully saturated rings. The highest BCUT2D eigenvalue weighted by Crippen LogP contribution is 2.27. The first-order chi connectivity index (χ1) is 8.55. The molecule has 1 aliphatic heterocycles. The number of nitrogens with two attached hydrogens (primary N) is 1. The molecule has 2 rings (SSSR count). The fourth-order valence-electron chi connectivity index (χ4n) is 2.30. The number of hydrogen-bond donors (Lipinski definition) is 1. The number of benzene rings is 1. The van der Waals surface area contributed by atoms with E-state index in [4.69, 9.17) is 10.5 Å². The maximum atomic E-state index is 11.7. The SMILES string of the molecule is NCC1(OCc2ccccc2)CCCS(=O)(=O)C1. The van der Waals surface area contributed by atoms with Gasteiger partial charge in [0, 0.05) is 6.54 Å². The van der Waals surface area contributed by atoms with E-state index in [0.29, 0.717) is 13.0 Å². The van der Waals surface area contributed by atoms with Crippen LogP contribution in [-0.2, 0) is 21.2 Å². The highest BCUT2D eigenvalue weighted by molar-refractivity contribution is 7.91. The molecule has 0 aliphatic carbocycles. The lowest BCUT2D eigenvalue weighted by molar-refractivity contribution is -0.0420. The first-order valence-electron chi connectivity index (χ1n) is 6.14. The van der Waals surface area contributed by atoms with E-state index in [0.717, 1.165) is 12.0 Å². The van der Waals surface area contributed by atoms with Crippen molar-refractivity contribution in [3.63, 3.8) is 0 Å². The second kappa shape index (κ2) is 5.38. The van der Waals surface area contributed by atoms with Crippen LogP contribution in [-0.4, -0.2) is 32.1 Å². The van der Waals surface area contributed by atoms with Crippen molar-refractivity contribution in [1.82, 2.24) is 0 Å². The molecule has 1 heterocycles. The summed E-state index contributed by atoms with van der Waals surface area (Å²) >= 11 is 0. The van der Waals surface area contributed by atoms with Gasteiger partial charge >= 0.3 is 0 Å². The molecule has 1 unspecified atom stereocenters. The van der Waals surface area contributed by atoms with Crippen LogP contribution in [0, 0.1) is 0 Å². The molecule has 4 nitrogen and oxygen atoms in total. The van der Waals surface area contributed by atoms with E-state index in [-0.39, 0.29) is 18.1 Å². The van der Waals surface area contributed by atoms with Gasteiger partial charge in [0.1, 0.15) is 0 Å². The van der Waals surface area contributed by atoms with Crippen LogP contribution in [0.1, 0.15) is 18.4 Å². The fraction of sp³-hybridized carbons (Fsp3) is 0.538. The van der Waals surface area contributed by atoms with Crippen LogP contribution in [0.25, 0.3) is 0 Å². The van der Waals surface area contributed by atoms with Gasteiger partial charge in [-0.25, -0.2) is 8.42 Å². The van der Waals surface area contributed by atoms with Crippen molar-refractivity contribution in [2.45, 2.75) is 25.0 Å². The summed E-state index contributed by atoms with van der Waals surface area (Å²) in [6, 6.07) is 9.73. The molecule has 1 aliphatic rings. The Morgan fingerprint density at radius 2 is 2.00 bits per heavy atom. The summed E-state index contributed by atoms with van der Waals surface area (Å²) in [7, 11) is -3.01. The van der Waals surface area contributed by atoms with Gasteiger partial charge in [-0.15, -0.1) is 0 Å². The minimum atomic E-state index is -3.01. The summed E-state index contributed by atoms with van der Waals surface area (Å²) in [4.78, 5) is 0. The molecule has 2 N–H and O–H groups in total. The molecule has 1 saturated heterocycles. The summed E-state index contributed by atoms with van der Waals surface area (Å²) in [6.45, 7) is 0.659. The predicted molar refractivity (Wildman–Crippen MR) is 70.9 cm³/mol. The number of hydrogen-bond acceptors (Lipinski definition) is 4. The molecule has 5 heteroatoms. The minimum absolute atomic E-state index is 0.0450. The molecule has 0 radical (unpaired) electrons. The Hall–Kier alpha value is -0.910. The number of ether oxygens (including phenoxy) is 1. The van der Waals surface area contributed by atoms with Crippen molar-refractivity contribution in [1.29, 1.82) is 0 Å². The van der Waals surface area contributed by atoms with Gasteiger partial charge in [0.2, 0.25) is 0 Å². The number of sulfone groups is 1. The molecule has 18 heavy (non-hydrogen) atoms. The van der Waals surface area contributed by atoms with Crippen LogP contribution in [0.15, 0.2) is 30.3 Å². The van der Waals surface area contributed by atoms with Crippen LogP contribution in [0.2, 0.25) is 0 Å². The van der Waals surface area contributed by atoms with E-state index in [2.05, 4.69) is 0 Å². The summed E-state index contributed by atoms with van der Waals surface area (Å²) in [5, 5.41) is 0. The lowest BCUT2D eigenvalue weighted by Gasteiger charge is -2.35. The average molecular weight is 269 g/mol. The summed E-state index contributed by atoms with van der Waals surface area (Å²) in [5.74, 6) is 0.298. The molecule has 0 saturated carbocycles. The van der Waals surface area contributed by atoms with E-state index < -0.39 is 15.4 Å². The average Bonchev–Trinajstić information content (AvgIpc) is 2.37. The third kappa shape index (κ3) is 3.31. The van der Waals surface area contributed by atoms with Crippen molar-refractivity contribution in [3.05, 3.63) is 35.9 Å². The maximum Gasteiger partial charge on any atom is 0.153 e. The molecule has 1 aromatic carbocycles. The van der Waals surface area contributed by atoms with Gasteiger partial charge in [0.25, 0.3) is 0 Å². The van der Waals surface area contributed by atoms with Crippen LogP contribution < -0.4 is 5.73 Å². The molecule has 0 bridgehead atoms. The van der Waals surface area contributed by atoms with Gasteiger partial charge in [-0.2, -0.15) is 0 Å². The van der Waals surface area contributed by atoms with Gasteiger partial charge in [-0.3, -0.25) is 0 Å². The van der Waals surface area contributed by atoms with E-state index in [1.807, 2.05) is 30.3 Å². The van der Waals surface area contributed by atoms with E-state index in [1.54, 1.807) is 0 Å². The Kier molecular flexibility index (Phi) is 4.04. The minimum Gasteiger partial charge on any atom is -0.368 e. The van der Waals surface area contributed by atoms with E-state index in [1.165, 1.54) is 0 Å². The summed E-state index contributed by atoms with van der Waals surface area (Å²) < 4.78 is 29.2. The Labute approximate surface area is 108 Å². The van der Waals surface area contributed by atoms with E-state index >= 15 is 0 Å². The largest absolute Gasteiger partial charge is 0.368 e. The van der Waals surface area contributed by atoms with Crippen molar-refractivity contribution >= 4 is 9.84 Å². The lowest BCUT2D eigenvalue weighted by atomic mass is 9.99. The van der Waals surface area contributed by atoms with E-state index in [9.17, 15) is 8.42 Å². The van der Waals surface area contributed by atoms with Crippen LogP contribution in [0.3, 0.4) is 0 Å². The van der Waals surface area contributed by atoms with Gasteiger partial charge in [-0.1, -0.05) is 30.3 Å². The van der Waals surface area contributed by atoms with Crippen molar-refractivity contribution in [2.24, 2.45) is 5.73 Å². The quantitative estimate of drug-likeness (QED) is 0.889. The summed E-state index contributed by atoms with van der Waals surface area (Å²) in [5.41, 5.74) is 6.07. The number of rotatable bonds is 4. The molecule has 0 amide bonds. The highest BCUT2D eigenvalue weighted by Gasteiger charge is 2.38. The predicted octanol–water partition coefficient (Wildman–Crippen LogP) is 1.11. The van der Waals surface area contributed by atoms with Gasteiger partial charge in [0.05, 0.1) is 23.7 Å². The zero-order valence-electron chi connectivity index (χ0n) is 10.3. The highest BCUT2D eigenvalue weighted by atomic mass is 32.2. The molecule has 0 aromatic heterocycles. The molecule has 1 atom stereocenters. The lowest BCUT2D eigenvalue weighted by Crippen LogP contribution is -2.50. The third-order valence-electron chi connectivity index (χ3n) is 3.33. The van der Waals surface area contributed by atoms with Gasteiger partial charge < -0.3 is 10.5 Å². The second-order valence-electron chi connectivity index (χ2n) is 4.86. The maximum absolute atomic E-state index is 11.7. The van der Waals surface area contributed by atoms with Crippen LogP contribution in [0.5, 0.6) is 0 Å². The zero-order chi connectivity index (χ0) is 13.1. The first-order valence-corrected chi connectivity index (χ1v) is 7.96. The van der Waals surface area contributed by atoms with Crippen molar-refractivity contribution in [2.75, 3.05) is 18.1 Å². The molecule has 100 valence electrons. The zero-order valence-corrected chi connectivity index (χ0v) is 11.2. The van der Waals surface area contributed by atoms with Crippen molar-refractivity contribution in [3.8, 4) is 0 Å². The molecular formula is C13H19NO3S. The van der Waals surface area contributed by atoms with Gasteiger partial charge in [-0.05, 0) is 18.4 Å². The second-order valence-corrected chi connectivity index (χ2v) is 7.04. The third-order valence-corrected chi connectivity index (χ3v) is 5.21. The fourth-order valence-corrected chi connectivity index (χ4v) is 4.18. The van der Waals surface area contributed by atoms with Crippen LogP contribution in [0.4, 0.5) is 0 Å². The molecule has 0 spiro atoms. The molecular weight excluding hydrogens is 250 g/mol. The smallest absolute Gasteiger partial charge is 0.153 e. The monoisotopic (exact) mass is 269 g/mol. The Balaban J connectivity index is 2.05. The normalized spacial score (nSPS) is 26.9. The summed E-state index contributed by atoms with van der Waals surface area (Å²) in [6.07, 6.45) is 1.35. The van der Waals surface area contributed by atoms with Crippen molar-refractivity contribution < 1.29 is 13.2 Å². The Morgan fingerprint density at radius 3 is 2.61 bits per heavy atom. The first kappa shape index (κ1) is 13.5. The topological polar surface area (TPSA) is 69.4 Å². The molecule has 1 aromatic rings. The standard InChI is InChI=1S/C13H19NO3S/c14-10-13(7-4-8-18(15,16)11-13)17-9-12-5-2-1-3-6-12/h1-3,5-6H,4,7-11,14H2. The Bertz CT molecular complexity index is 486. The van der Waals surface area contributed by atoms with Gasteiger partial charge in [0.15, 0.2) is 9.84 Å².